The van der Waals surface area contributed by atoms with Gasteiger partial charge in [0, 0.05) is 6.42 Å². The largest absolute Gasteiger partial charge is 0.505 e. The van der Waals surface area contributed by atoms with Crippen molar-refractivity contribution >= 4 is 12.1 Å². The maximum absolute atomic E-state index is 10.0. The van der Waals surface area contributed by atoms with Gasteiger partial charge in [-0.2, -0.15) is 0 Å². The van der Waals surface area contributed by atoms with E-state index in [1.54, 1.807) is 0 Å². The van der Waals surface area contributed by atoms with Gasteiger partial charge in [0.05, 0.1) is 6.61 Å². The van der Waals surface area contributed by atoms with Crippen molar-refractivity contribution in [3.63, 3.8) is 0 Å². The molecule has 0 aromatic rings. The minimum atomic E-state index is -1.28. The summed E-state index contributed by atoms with van der Waals surface area (Å²) < 4.78 is 4.22. The van der Waals surface area contributed by atoms with E-state index >= 15 is 0 Å². The van der Waals surface area contributed by atoms with Crippen molar-refractivity contribution in [2.75, 3.05) is 6.61 Å². The summed E-state index contributed by atoms with van der Waals surface area (Å²) in [5.41, 5.74) is 0. The van der Waals surface area contributed by atoms with E-state index in [1.807, 2.05) is 0 Å². The van der Waals surface area contributed by atoms with Crippen LogP contribution in [0, 0.1) is 0 Å². The lowest BCUT2D eigenvalue weighted by Crippen LogP contribution is -2.02. The Morgan fingerprint density at radius 2 is 1.75 bits per heavy atom. The smallest absolute Gasteiger partial charge is 0.481 e. The summed E-state index contributed by atoms with van der Waals surface area (Å²) in [4.78, 5) is 19.8. The van der Waals surface area contributed by atoms with Gasteiger partial charge < -0.3 is 14.9 Å². The van der Waals surface area contributed by atoms with Crippen LogP contribution >= 0.6 is 0 Å². The molecule has 70 valence electrons. The summed E-state index contributed by atoms with van der Waals surface area (Å²) in [5.74, 6) is -0.825. The molecule has 2 N–H and O–H groups in total. The van der Waals surface area contributed by atoms with E-state index in [-0.39, 0.29) is 13.0 Å². The highest BCUT2D eigenvalue weighted by Gasteiger charge is 1.98. The number of carboxylic acids is 1. The molecule has 0 fully saturated rings. The van der Waals surface area contributed by atoms with Crippen molar-refractivity contribution in [1.82, 2.24) is 0 Å². The first-order chi connectivity index (χ1) is 5.63. The normalized spacial score (nSPS) is 9.33. The Kier molecular flexibility index (Phi) is 5.77. The van der Waals surface area contributed by atoms with Crippen LogP contribution < -0.4 is 0 Å². The Balaban J connectivity index is 3.01. The van der Waals surface area contributed by atoms with Gasteiger partial charge in [-0.3, -0.25) is 4.79 Å². The molecule has 0 atom stereocenters. The van der Waals surface area contributed by atoms with E-state index in [2.05, 4.69) is 4.74 Å². The second-order valence-corrected chi connectivity index (χ2v) is 2.32. The summed E-state index contributed by atoms with van der Waals surface area (Å²) in [5, 5.41) is 16.3. The number of unbranched alkanes of at least 4 members (excludes halogenated alkanes) is 2. The number of carboxylic acid groups (broad SMARTS) is 2. The highest BCUT2D eigenvalue weighted by Crippen LogP contribution is 1.99. The van der Waals surface area contributed by atoms with E-state index in [9.17, 15) is 9.59 Å². The van der Waals surface area contributed by atoms with Gasteiger partial charge in [-0.25, -0.2) is 4.79 Å². The molecular weight excluding hydrogens is 164 g/mol. The molecule has 0 saturated carbocycles. The Morgan fingerprint density at radius 3 is 2.25 bits per heavy atom. The Morgan fingerprint density at radius 1 is 1.08 bits per heavy atom. The molecule has 0 unspecified atom stereocenters. The summed E-state index contributed by atoms with van der Waals surface area (Å²) in [6.07, 6.45) is 0.679. The molecule has 0 bridgehead atoms. The fourth-order valence-corrected chi connectivity index (χ4v) is 0.715. The van der Waals surface area contributed by atoms with Crippen molar-refractivity contribution in [2.24, 2.45) is 0 Å². The van der Waals surface area contributed by atoms with Gasteiger partial charge >= 0.3 is 12.1 Å². The average molecular weight is 176 g/mol. The molecule has 12 heavy (non-hydrogen) atoms. The quantitative estimate of drug-likeness (QED) is 0.471. The zero-order valence-corrected chi connectivity index (χ0v) is 6.65. The van der Waals surface area contributed by atoms with Gasteiger partial charge in [-0.15, -0.1) is 0 Å². The summed E-state index contributed by atoms with van der Waals surface area (Å²) >= 11 is 0. The number of rotatable bonds is 6. The van der Waals surface area contributed by atoms with Crippen LogP contribution in [-0.4, -0.2) is 28.9 Å². The highest BCUT2D eigenvalue weighted by molar-refractivity contribution is 5.66. The predicted octanol–water partition coefficient (Wildman–Crippen LogP) is 1.33. The third-order valence-electron chi connectivity index (χ3n) is 1.26. The standard InChI is InChI=1S/C7H12O5/c8-6(9)4-2-1-3-5-12-7(10)11/h1-5H2,(H,8,9)(H,10,11). The molecular formula is C7H12O5. The molecule has 0 radical (unpaired) electrons. The monoisotopic (exact) mass is 176 g/mol. The minimum Gasteiger partial charge on any atom is -0.481 e. The van der Waals surface area contributed by atoms with E-state index in [0.717, 1.165) is 0 Å². The third-order valence-corrected chi connectivity index (χ3v) is 1.26. The van der Waals surface area contributed by atoms with Crippen molar-refractivity contribution < 1.29 is 24.5 Å². The van der Waals surface area contributed by atoms with Crippen LogP contribution in [0.2, 0.25) is 0 Å². The maximum atomic E-state index is 10.0. The molecule has 5 nitrogen and oxygen atoms in total. The zero-order valence-electron chi connectivity index (χ0n) is 6.65. The molecule has 0 saturated heterocycles. The van der Waals surface area contributed by atoms with Crippen molar-refractivity contribution in [2.45, 2.75) is 25.7 Å². The first-order valence-corrected chi connectivity index (χ1v) is 3.70. The van der Waals surface area contributed by atoms with E-state index in [4.69, 9.17) is 10.2 Å². The number of aliphatic carboxylic acids is 1. The third kappa shape index (κ3) is 8.74. The molecule has 0 amide bonds. The first kappa shape index (κ1) is 10.7. The van der Waals surface area contributed by atoms with Gasteiger partial charge in [0.2, 0.25) is 0 Å². The number of carbonyl (C=O) groups is 2. The molecule has 0 aromatic carbocycles. The Bertz CT molecular complexity index is 136. The number of hydrogen-bond acceptors (Lipinski definition) is 3. The molecule has 0 aromatic heterocycles. The Labute approximate surface area is 70.0 Å². The lowest BCUT2D eigenvalue weighted by molar-refractivity contribution is -0.137. The second kappa shape index (κ2) is 6.45. The van der Waals surface area contributed by atoms with Gasteiger partial charge in [0.1, 0.15) is 0 Å². The van der Waals surface area contributed by atoms with E-state index < -0.39 is 12.1 Å². The van der Waals surface area contributed by atoms with E-state index in [0.29, 0.717) is 19.3 Å². The molecule has 5 heteroatoms. The molecule has 0 aliphatic rings. The van der Waals surface area contributed by atoms with E-state index in [1.165, 1.54) is 0 Å². The fourth-order valence-electron chi connectivity index (χ4n) is 0.715. The predicted molar refractivity (Wildman–Crippen MR) is 40.1 cm³/mol. The number of hydrogen-bond donors (Lipinski definition) is 2. The molecule has 0 aliphatic carbocycles. The van der Waals surface area contributed by atoms with Crippen LogP contribution in [0.3, 0.4) is 0 Å². The minimum absolute atomic E-state index is 0.132. The van der Waals surface area contributed by atoms with Crippen LogP contribution in [-0.2, 0) is 9.53 Å². The summed E-state index contributed by atoms with van der Waals surface area (Å²) in [7, 11) is 0. The first-order valence-electron chi connectivity index (χ1n) is 3.70. The summed E-state index contributed by atoms with van der Waals surface area (Å²) in [6, 6.07) is 0. The van der Waals surface area contributed by atoms with Crippen LogP contribution in [0.15, 0.2) is 0 Å². The highest BCUT2D eigenvalue weighted by atomic mass is 16.7. The lowest BCUT2D eigenvalue weighted by Gasteiger charge is -1.98. The molecule has 0 spiro atoms. The van der Waals surface area contributed by atoms with Crippen LogP contribution in [0.4, 0.5) is 4.79 Å². The van der Waals surface area contributed by atoms with Crippen LogP contribution in [0.5, 0.6) is 0 Å². The van der Waals surface area contributed by atoms with Crippen molar-refractivity contribution in [3.05, 3.63) is 0 Å². The topological polar surface area (TPSA) is 83.8 Å². The van der Waals surface area contributed by atoms with Crippen molar-refractivity contribution in [3.8, 4) is 0 Å². The SMILES string of the molecule is O=C(O)CCCCCOC(=O)O. The fraction of sp³-hybridized carbons (Fsp3) is 0.714. The molecule has 0 heterocycles. The Hall–Kier alpha value is -1.26. The molecule has 0 rings (SSSR count). The van der Waals surface area contributed by atoms with Gasteiger partial charge in [0.25, 0.3) is 0 Å². The van der Waals surface area contributed by atoms with Crippen LogP contribution in [0.25, 0.3) is 0 Å². The second-order valence-electron chi connectivity index (χ2n) is 2.32. The van der Waals surface area contributed by atoms with Crippen molar-refractivity contribution in [1.29, 1.82) is 0 Å². The maximum Gasteiger partial charge on any atom is 0.505 e. The van der Waals surface area contributed by atoms with Crippen LogP contribution in [0.1, 0.15) is 25.7 Å². The van der Waals surface area contributed by atoms with Gasteiger partial charge in [-0.05, 0) is 19.3 Å². The zero-order chi connectivity index (χ0) is 9.40. The molecule has 0 aliphatic heterocycles. The summed E-state index contributed by atoms with van der Waals surface area (Å²) in [6.45, 7) is 0.148. The van der Waals surface area contributed by atoms with Gasteiger partial charge in [0.15, 0.2) is 0 Å². The number of ether oxygens (including phenoxy) is 1. The van der Waals surface area contributed by atoms with Gasteiger partial charge in [-0.1, -0.05) is 0 Å². The average Bonchev–Trinajstić information content (AvgIpc) is 1.95. The lowest BCUT2D eigenvalue weighted by atomic mass is 10.2.